The van der Waals surface area contributed by atoms with E-state index in [2.05, 4.69) is 15.0 Å². The van der Waals surface area contributed by atoms with Crippen molar-refractivity contribution in [2.75, 3.05) is 14.1 Å². The first-order chi connectivity index (χ1) is 20.8. The molecular formula is C35H34N6O2. The number of ether oxygens (including phenoxy) is 1. The molecule has 0 saturated carbocycles. The van der Waals surface area contributed by atoms with Crippen LogP contribution in [0.15, 0.2) is 97.3 Å². The van der Waals surface area contributed by atoms with Crippen LogP contribution in [0.3, 0.4) is 0 Å². The third-order valence-corrected chi connectivity index (χ3v) is 7.22. The Labute approximate surface area is 252 Å². The number of hydrogen-bond donors (Lipinski definition) is 1. The SMILES string of the molecule is Cc1cccc(-c2nc(OCc3ccccc3)cc(-c3cncc(-c4ccc(C(=O)C(=N)CC(C)N(C)C)cc4)c3)n2)n1. The number of nitrogens with zero attached hydrogens (tertiary/aromatic N) is 5. The van der Waals surface area contributed by atoms with Gasteiger partial charge in [0.15, 0.2) is 5.82 Å². The maximum Gasteiger partial charge on any atom is 0.217 e. The molecule has 0 saturated heterocycles. The Hall–Kier alpha value is -5.08. The molecule has 216 valence electrons. The van der Waals surface area contributed by atoms with Gasteiger partial charge in [-0.15, -0.1) is 0 Å². The second-order valence-electron chi connectivity index (χ2n) is 10.7. The summed E-state index contributed by atoms with van der Waals surface area (Å²) in [5.41, 5.74) is 6.36. The minimum absolute atomic E-state index is 0.102. The minimum Gasteiger partial charge on any atom is -0.473 e. The third-order valence-electron chi connectivity index (χ3n) is 7.22. The number of aryl methyl sites for hydroxylation is 1. The zero-order valence-corrected chi connectivity index (χ0v) is 24.8. The number of carbonyl (C=O) groups excluding carboxylic acids is 1. The predicted molar refractivity (Wildman–Crippen MR) is 169 cm³/mol. The number of benzene rings is 2. The van der Waals surface area contributed by atoms with Crippen molar-refractivity contribution in [3.05, 3.63) is 114 Å². The number of rotatable bonds is 11. The fourth-order valence-corrected chi connectivity index (χ4v) is 4.46. The highest BCUT2D eigenvalue weighted by atomic mass is 16.5. The average molecular weight is 571 g/mol. The molecule has 1 unspecified atom stereocenters. The molecule has 0 aliphatic carbocycles. The topological polar surface area (TPSA) is 105 Å². The van der Waals surface area contributed by atoms with E-state index in [1.165, 1.54) is 0 Å². The van der Waals surface area contributed by atoms with Crippen LogP contribution in [0.2, 0.25) is 0 Å². The van der Waals surface area contributed by atoms with E-state index in [-0.39, 0.29) is 17.5 Å². The number of aromatic nitrogens is 4. The summed E-state index contributed by atoms with van der Waals surface area (Å²) in [6, 6.07) is 26.9. The number of ketones is 1. The number of carbonyl (C=O) groups is 1. The summed E-state index contributed by atoms with van der Waals surface area (Å²) in [6.07, 6.45) is 3.93. The van der Waals surface area contributed by atoms with Crippen LogP contribution in [0.25, 0.3) is 33.9 Å². The van der Waals surface area contributed by atoms with Crippen LogP contribution < -0.4 is 4.74 Å². The lowest BCUT2D eigenvalue weighted by Crippen LogP contribution is -2.29. The standard InChI is InChI=1S/C35H34N6O2/c1-23-9-8-12-31(38-23)35-39-32(19-33(40-35)43-22-25-10-6-5-7-11-25)29-18-28(20-37-21-29)26-13-15-27(16-14-26)34(42)30(36)17-24(2)41(3)4/h5-16,18-21,24,36H,17,22H2,1-4H3. The van der Waals surface area contributed by atoms with E-state index in [9.17, 15) is 4.79 Å². The first kappa shape index (κ1) is 29.4. The summed E-state index contributed by atoms with van der Waals surface area (Å²) >= 11 is 0. The highest BCUT2D eigenvalue weighted by Crippen LogP contribution is 2.28. The molecule has 43 heavy (non-hydrogen) atoms. The largest absolute Gasteiger partial charge is 0.473 e. The summed E-state index contributed by atoms with van der Waals surface area (Å²) < 4.78 is 6.10. The molecule has 5 aromatic rings. The fraction of sp³-hybridized carbons (Fsp3) is 0.200. The fourth-order valence-electron chi connectivity index (χ4n) is 4.46. The molecule has 3 heterocycles. The van der Waals surface area contributed by atoms with Gasteiger partial charge in [-0.2, -0.15) is 4.98 Å². The Morgan fingerprint density at radius 1 is 0.837 bits per heavy atom. The monoisotopic (exact) mass is 570 g/mol. The van der Waals surface area contributed by atoms with Gasteiger partial charge >= 0.3 is 0 Å². The van der Waals surface area contributed by atoms with Crippen LogP contribution in [0, 0.1) is 12.3 Å². The van der Waals surface area contributed by atoms with Gasteiger partial charge in [0.05, 0.1) is 11.4 Å². The molecule has 0 bridgehead atoms. The van der Waals surface area contributed by atoms with Crippen molar-refractivity contribution >= 4 is 11.5 Å². The van der Waals surface area contributed by atoms with E-state index in [4.69, 9.17) is 15.1 Å². The third kappa shape index (κ3) is 7.42. The van der Waals surface area contributed by atoms with E-state index in [1.54, 1.807) is 24.5 Å². The molecule has 0 spiro atoms. The lowest BCUT2D eigenvalue weighted by Gasteiger charge is -2.19. The minimum atomic E-state index is -0.256. The Bertz CT molecular complexity index is 1740. The van der Waals surface area contributed by atoms with Gasteiger partial charge in [-0.3, -0.25) is 9.78 Å². The highest BCUT2D eigenvalue weighted by Gasteiger charge is 2.17. The van der Waals surface area contributed by atoms with Gasteiger partial charge < -0.3 is 15.0 Å². The quantitative estimate of drug-likeness (QED) is 0.139. The van der Waals surface area contributed by atoms with E-state index in [0.717, 1.165) is 27.9 Å². The van der Waals surface area contributed by atoms with Gasteiger partial charge in [-0.1, -0.05) is 60.7 Å². The Balaban J connectivity index is 1.43. The summed E-state index contributed by atoms with van der Waals surface area (Å²) in [6.45, 7) is 4.30. The number of nitrogens with one attached hydrogen (secondary N) is 1. The number of hydrogen-bond acceptors (Lipinski definition) is 8. The van der Waals surface area contributed by atoms with Crippen molar-refractivity contribution in [1.82, 2.24) is 24.8 Å². The number of Topliss-reactive ketones (excluding diaryl/α,β-unsaturated/α-hetero) is 1. The second-order valence-corrected chi connectivity index (χ2v) is 10.7. The molecule has 0 fully saturated rings. The number of pyridine rings is 2. The molecule has 1 N–H and O–H groups in total. The molecule has 0 radical (unpaired) electrons. The second kappa shape index (κ2) is 13.3. The van der Waals surface area contributed by atoms with Gasteiger partial charge in [0, 0.05) is 53.3 Å². The van der Waals surface area contributed by atoms with Crippen LogP contribution in [0.4, 0.5) is 0 Å². The van der Waals surface area contributed by atoms with Crippen molar-refractivity contribution in [1.29, 1.82) is 5.41 Å². The van der Waals surface area contributed by atoms with Gasteiger partial charge in [0.2, 0.25) is 11.7 Å². The maximum atomic E-state index is 12.8. The van der Waals surface area contributed by atoms with Crippen molar-refractivity contribution in [2.24, 2.45) is 0 Å². The molecule has 8 nitrogen and oxygen atoms in total. The zero-order valence-electron chi connectivity index (χ0n) is 24.8. The van der Waals surface area contributed by atoms with Crippen molar-refractivity contribution < 1.29 is 9.53 Å². The molecule has 0 amide bonds. The zero-order chi connectivity index (χ0) is 30.3. The lowest BCUT2D eigenvalue weighted by atomic mass is 9.98. The van der Waals surface area contributed by atoms with Gasteiger partial charge in [0.25, 0.3) is 0 Å². The summed E-state index contributed by atoms with van der Waals surface area (Å²) in [7, 11) is 3.89. The molecule has 3 aromatic heterocycles. The van der Waals surface area contributed by atoms with Crippen molar-refractivity contribution in [3.8, 4) is 39.8 Å². The Morgan fingerprint density at radius 3 is 2.30 bits per heavy atom. The molecule has 0 aliphatic rings. The van der Waals surface area contributed by atoms with E-state index >= 15 is 0 Å². The van der Waals surface area contributed by atoms with E-state index < -0.39 is 0 Å². The summed E-state index contributed by atoms with van der Waals surface area (Å²) in [5.74, 6) is 0.642. The summed E-state index contributed by atoms with van der Waals surface area (Å²) in [5, 5.41) is 8.27. The molecule has 8 heteroatoms. The van der Waals surface area contributed by atoms with Gasteiger partial charge in [-0.05, 0) is 57.3 Å². The molecule has 2 aromatic carbocycles. The predicted octanol–water partition coefficient (Wildman–Crippen LogP) is 6.70. The van der Waals surface area contributed by atoms with Crippen LogP contribution in [-0.4, -0.2) is 56.5 Å². The van der Waals surface area contributed by atoms with Gasteiger partial charge in [-0.25, -0.2) is 9.97 Å². The van der Waals surface area contributed by atoms with Crippen LogP contribution in [0.1, 0.15) is 35.0 Å². The normalized spacial score (nSPS) is 11.7. The Kier molecular flexibility index (Phi) is 9.08. The Morgan fingerprint density at radius 2 is 1.58 bits per heavy atom. The molecule has 5 rings (SSSR count). The smallest absolute Gasteiger partial charge is 0.217 e. The lowest BCUT2D eigenvalue weighted by molar-refractivity contribution is 0.106. The average Bonchev–Trinajstić information content (AvgIpc) is 3.04. The first-order valence-corrected chi connectivity index (χ1v) is 14.1. The van der Waals surface area contributed by atoms with Crippen LogP contribution in [-0.2, 0) is 6.61 Å². The van der Waals surface area contributed by atoms with E-state index in [0.29, 0.717) is 41.7 Å². The van der Waals surface area contributed by atoms with Gasteiger partial charge in [0.1, 0.15) is 12.3 Å². The molecular weight excluding hydrogens is 536 g/mol. The van der Waals surface area contributed by atoms with Crippen LogP contribution in [0.5, 0.6) is 5.88 Å². The van der Waals surface area contributed by atoms with E-state index in [1.807, 2.05) is 106 Å². The highest BCUT2D eigenvalue weighted by molar-refractivity contribution is 6.45. The van der Waals surface area contributed by atoms with Crippen molar-refractivity contribution in [2.45, 2.75) is 32.9 Å². The molecule has 1 atom stereocenters. The van der Waals surface area contributed by atoms with Crippen LogP contribution >= 0.6 is 0 Å². The first-order valence-electron chi connectivity index (χ1n) is 14.1. The summed E-state index contributed by atoms with van der Waals surface area (Å²) in [4.78, 5) is 33.5. The van der Waals surface area contributed by atoms with Crippen molar-refractivity contribution in [3.63, 3.8) is 0 Å². The maximum absolute atomic E-state index is 12.8. The molecule has 0 aliphatic heterocycles.